The maximum atomic E-state index is 12.4. The average molecular weight is 435 g/mol. The number of rotatable bonds is 9. The first kappa shape index (κ1) is 20.9. The fraction of sp³-hybridized carbons (Fsp3) is 0.150. The number of halogens is 1. The van der Waals surface area contributed by atoms with Gasteiger partial charge in [0.2, 0.25) is 15.9 Å². The molecule has 3 aromatic rings. The van der Waals surface area contributed by atoms with Crippen molar-refractivity contribution in [3.05, 3.63) is 77.7 Å². The molecule has 1 aromatic heterocycles. The molecule has 0 unspecified atom stereocenters. The summed E-state index contributed by atoms with van der Waals surface area (Å²) in [6.07, 6.45) is 1.55. The summed E-state index contributed by atoms with van der Waals surface area (Å²) in [6.45, 7) is 0.170. The molecule has 0 fully saturated rings. The Morgan fingerprint density at radius 3 is 2.66 bits per heavy atom. The van der Waals surface area contributed by atoms with Crippen LogP contribution < -0.4 is 14.8 Å². The van der Waals surface area contributed by atoms with Crippen molar-refractivity contribution in [2.45, 2.75) is 17.9 Å². The topological polar surface area (TPSA) is 97.6 Å². The van der Waals surface area contributed by atoms with Crippen LogP contribution in [0.3, 0.4) is 0 Å². The van der Waals surface area contributed by atoms with E-state index in [1.54, 1.807) is 48.5 Å². The van der Waals surface area contributed by atoms with Gasteiger partial charge in [0.05, 0.1) is 35.8 Å². The predicted molar refractivity (Wildman–Crippen MR) is 109 cm³/mol. The van der Waals surface area contributed by atoms with Crippen LogP contribution in [0.1, 0.15) is 12.2 Å². The van der Waals surface area contributed by atoms with Crippen LogP contribution in [0.25, 0.3) is 0 Å². The van der Waals surface area contributed by atoms with E-state index in [-0.39, 0.29) is 30.4 Å². The lowest BCUT2D eigenvalue weighted by Gasteiger charge is -2.10. The van der Waals surface area contributed by atoms with Crippen LogP contribution in [0.2, 0.25) is 5.02 Å². The molecule has 0 saturated heterocycles. The molecular weight excluding hydrogens is 416 g/mol. The lowest BCUT2D eigenvalue weighted by Crippen LogP contribution is -2.23. The van der Waals surface area contributed by atoms with Crippen molar-refractivity contribution in [1.82, 2.24) is 4.72 Å². The molecule has 0 bridgehead atoms. The Labute approximate surface area is 173 Å². The molecule has 2 aromatic carbocycles. The molecule has 0 spiro atoms. The molecule has 2 N–H and O–H groups in total. The highest BCUT2D eigenvalue weighted by molar-refractivity contribution is 7.89. The molecule has 7 nitrogen and oxygen atoms in total. The second kappa shape index (κ2) is 9.60. The molecule has 0 radical (unpaired) electrons. The third-order valence-corrected chi connectivity index (χ3v) is 5.58. The fourth-order valence-electron chi connectivity index (χ4n) is 2.44. The van der Waals surface area contributed by atoms with E-state index in [4.69, 9.17) is 20.8 Å². The van der Waals surface area contributed by atoms with E-state index in [1.807, 2.05) is 0 Å². The van der Waals surface area contributed by atoms with Crippen LogP contribution >= 0.6 is 11.6 Å². The summed E-state index contributed by atoms with van der Waals surface area (Å²) in [5.41, 5.74) is 0.369. The van der Waals surface area contributed by atoms with Crippen LogP contribution in [-0.4, -0.2) is 20.9 Å². The largest absolute Gasteiger partial charge is 0.491 e. The van der Waals surface area contributed by atoms with Crippen molar-refractivity contribution in [3.63, 3.8) is 0 Å². The van der Waals surface area contributed by atoms with Crippen LogP contribution in [-0.2, 0) is 21.4 Å². The van der Waals surface area contributed by atoms with Crippen LogP contribution in [0.4, 0.5) is 5.69 Å². The quantitative estimate of drug-likeness (QED) is 0.533. The van der Waals surface area contributed by atoms with Gasteiger partial charge >= 0.3 is 0 Å². The Morgan fingerprint density at radius 2 is 1.90 bits per heavy atom. The molecule has 0 atom stereocenters. The van der Waals surface area contributed by atoms with Gasteiger partial charge < -0.3 is 14.5 Å². The molecule has 0 aliphatic heterocycles. The summed E-state index contributed by atoms with van der Waals surface area (Å²) in [5, 5.41) is 3.13. The number of carbonyl (C=O) groups is 1. The standard InChI is InChI=1S/C20H19ClN2O5S/c21-18-8-1-2-9-19(18)28-12-10-20(24)23-15-5-3-7-17(13-15)29(25,26)22-14-16-6-4-11-27-16/h1-9,11,13,22H,10,12,14H2,(H,23,24). The SMILES string of the molecule is O=C(CCOc1ccccc1Cl)Nc1cccc(S(=O)(=O)NCc2ccco2)c1. The Bertz CT molecular complexity index is 1070. The van der Waals surface area contributed by atoms with Gasteiger partial charge in [-0.2, -0.15) is 0 Å². The highest BCUT2D eigenvalue weighted by atomic mass is 35.5. The van der Waals surface area contributed by atoms with Gasteiger partial charge in [0.1, 0.15) is 11.5 Å². The van der Waals surface area contributed by atoms with E-state index >= 15 is 0 Å². The second-order valence-corrected chi connectivity index (χ2v) is 8.18. The van der Waals surface area contributed by atoms with Gasteiger partial charge in [0.15, 0.2) is 0 Å². The van der Waals surface area contributed by atoms with Crippen LogP contribution in [0.5, 0.6) is 5.75 Å². The first-order valence-electron chi connectivity index (χ1n) is 8.73. The summed E-state index contributed by atoms with van der Waals surface area (Å²) in [6, 6.07) is 16.3. The average Bonchev–Trinajstić information content (AvgIpc) is 3.22. The third-order valence-electron chi connectivity index (χ3n) is 3.87. The zero-order valence-electron chi connectivity index (χ0n) is 15.3. The van der Waals surface area contributed by atoms with Gasteiger partial charge in [-0.05, 0) is 42.5 Å². The number of anilines is 1. The highest BCUT2D eigenvalue weighted by Crippen LogP contribution is 2.23. The number of hydrogen-bond acceptors (Lipinski definition) is 5. The normalized spacial score (nSPS) is 11.2. The number of carbonyl (C=O) groups excluding carboxylic acids is 1. The van der Waals surface area contributed by atoms with E-state index in [0.29, 0.717) is 22.2 Å². The van der Waals surface area contributed by atoms with Crippen LogP contribution in [0.15, 0.2) is 76.2 Å². The number of hydrogen-bond donors (Lipinski definition) is 2. The van der Waals surface area contributed by atoms with Crippen molar-refractivity contribution >= 4 is 33.2 Å². The van der Waals surface area contributed by atoms with E-state index in [9.17, 15) is 13.2 Å². The van der Waals surface area contributed by atoms with Gasteiger partial charge in [-0.25, -0.2) is 13.1 Å². The van der Waals surface area contributed by atoms with E-state index in [2.05, 4.69) is 10.0 Å². The summed E-state index contributed by atoms with van der Waals surface area (Å²) >= 11 is 5.99. The Kier molecular flexibility index (Phi) is 6.92. The second-order valence-electron chi connectivity index (χ2n) is 6.01. The number of furan rings is 1. The van der Waals surface area contributed by atoms with Gasteiger partial charge in [-0.15, -0.1) is 0 Å². The number of nitrogens with one attached hydrogen (secondary N) is 2. The zero-order chi connectivity index (χ0) is 20.7. The molecule has 0 aliphatic carbocycles. The molecule has 3 rings (SSSR count). The molecule has 152 valence electrons. The summed E-state index contributed by atoms with van der Waals surface area (Å²) < 4.78 is 37.9. The van der Waals surface area contributed by atoms with Crippen molar-refractivity contribution in [1.29, 1.82) is 0 Å². The van der Waals surface area contributed by atoms with E-state index in [0.717, 1.165) is 0 Å². The van der Waals surface area contributed by atoms with E-state index < -0.39 is 10.0 Å². The molecule has 29 heavy (non-hydrogen) atoms. The van der Waals surface area contributed by atoms with Crippen LogP contribution in [0, 0.1) is 0 Å². The maximum Gasteiger partial charge on any atom is 0.241 e. The molecule has 1 heterocycles. The molecule has 0 saturated carbocycles. The van der Waals surface area contributed by atoms with Crippen molar-refractivity contribution < 1.29 is 22.4 Å². The minimum Gasteiger partial charge on any atom is -0.491 e. The Balaban J connectivity index is 1.54. The van der Waals surface area contributed by atoms with Gasteiger partial charge in [0.25, 0.3) is 0 Å². The van der Waals surface area contributed by atoms with Gasteiger partial charge in [-0.3, -0.25) is 4.79 Å². The number of sulfonamides is 1. The summed E-state index contributed by atoms with van der Waals surface area (Å²) in [7, 11) is -3.75. The molecule has 1 amide bonds. The highest BCUT2D eigenvalue weighted by Gasteiger charge is 2.15. The zero-order valence-corrected chi connectivity index (χ0v) is 16.9. The Hall–Kier alpha value is -2.81. The van der Waals surface area contributed by atoms with Crippen molar-refractivity contribution in [2.75, 3.05) is 11.9 Å². The third kappa shape index (κ3) is 6.08. The van der Waals surface area contributed by atoms with Gasteiger partial charge in [-0.1, -0.05) is 29.8 Å². The lowest BCUT2D eigenvalue weighted by atomic mass is 10.3. The van der Waals surface area contributed by atoms with E-state index in [1.165, 1.54) is 18.4 Å². The minimum absolute atomic E-state index is 0.0330. The first-order chi connectivity index (χ1) is 13.9. The molecule has 0 aliphatic rings. The number of benzene rings is 2. The maximum absolute atomic E-state index is 12.4. The van der Waals surface area contributed by atoms with Gasteiger partial charge in [0, 0.05) is 5.69 Å². The van der Waals surface area contributed by atoms with Crippen molar-refractivity contribution in [3.8, 4) is 5.75 Å². The number of para-hydroxylation sites is 1. The van der Waals surface area contributed by atoms with Crippen molar-refractivity contribution in [2.24, 2.45) is 0 Å². The molecule has 9 heteroatoms. The summed E-state index contributed by atoms with van der Waals surface area (Å²) in [4.78, 5) is 12.2. The number of ether oxygens (including phenoxy) is 1. The number of amides is 1. The smallest absolute Gasteiger partial charge is 0.241 e. The first-order valence-corrected chi connectivity index (χ1v) is 10.6. The minimum atomic E-state index is -3.75. The Morgan fingerprint density at radius 1 is 1.07 bits per heavy atom. The summed E-state index contributed by atoms with van der Waals surface area (Å²) in [5.74, 6) is 0.685. The monoisotopic (exact) mass is 434 g/mol. The molecular formula is C20H19ClN2O5S. The fourth-order valence-corrected chi connectivity index (χ4v) is 3.67. The lowest BCUT2D eigenvalue weighted by molar-refractivity contribution is -0.116. The predicted octanol–water partition coefficient (Wildman–Crippen LogP) is 3.82.